The van der Waals surface area contributed by atoms with Crippen molar-refractivity contribution in [2.45, 2.75) is 0 Å². The van der Waals surface area contributed by atoms with Gasteiger partial charge in [0, 0.05) is 25.8 Å². The van der Waals surface area contributed by atoms with Crippen molar-refractivity contribution in [3.63, 3.8) is 0 Å². The molecule has 0 spiro atoms. The lowest BCUT2D eigenvalue weighted by atomic mass is 10.3. The maximum absolute atomic E-state index is 11.0. The molecule has 0 aliphatic carbocycles. The van der Waals surface area contributed by atoms with Gasteiger partial charge in [-0.3, -0.25) is 14.0 Å². The summed E-state index contributed by atoms with van der Waals surface area (Å²) >= 11 is 0. The maximum Gasteiger partial charge on any atom is 0.339 e. The van der Waals surface area contributed by atoms with Gasteiger partial charge >= 0.3 is 15.2 Å². The highest BCUT2D eigenvalue weighted by molar-refractivity contribution is 7.52. The normalized spacial score (nSPS) is 12.7. The number of rotatable bonds is 8. The summed E-state index contributed by atoms with van der Waals surface area (Å²) < 4.78 is 22.1. The van der Waals surface area contributed by atoms with Crippen LogP contribution in [0, 0.1) is 0 Å². The first-order valence-electron chi connectivity index (χ1n) is 6.14. The standard InChI is InChI=1S/C11H20N2O6P2/c1-12(11-5-3-2-4-6-11)7-8-13(9-20(14,15)16)10-21(17,18)19/h2-6H,7-10H2,1H3,(H2,14,15,16)(H2,17,18,19). The molecule has 0 saturated heterocycles. The van der Waals surface area contributed by atoms with Crippen molar-refractivity contribution in [2.75, 3.05) is 37.6 Å². The van der Waals surface area contributed by atoms with Crippen molar-refractivity contribution in [3.8, 4) is 0 Å². The van der Waals surface area contributed by atoms with E-state index < -0.39 is 27.8 Å². The molecule has 0 fully saturated rings. The summed E-state index contributed by atoms with van der Waals surface area (Å²) in [6.07, 6.45) is -1.36. The fourth-order valence-electron chi connectivity index (χ4n) is 1.81. The molecule has 0 aromatic heterocycles. The van der Waals surface area contributed by atoms with Gasteiger partial charge in [0.1, 0.15) is 12.6 Å². The van der Waals surface area contributed by atoms with Crippen LogP contribution >= 0.6 is 15.2 Å². The quantitative estimate of drug-likeness (QED) is 0.511. The van der Waals surface area contributed by atoms with Crippen LogP contribution in [0.2, 0.25) is 0 Å². The average Bonchev–Trinajstić information content (AvgIpc) is 2.33. The first-order chi connectivity index (χ1) is 9.57. The zero-order chi connectivity index (χ0) is 16.1. The zero-order valence-corrected chi connectivity index (χ0v) is 13.4. The molecule has 0 radical (unpaired) electrons. The SMILES string of the molecule is CN(CCN(CP(=O)(O)O)CP(=O)(O)O)c1ccccc1. The summed E-state index contributed by atoms with van der Waals surface area (Å²) in [4.78, 5) is 38.8. The van der Waals surface area contributed by atoms with Crippen LogP contribution in [0.4, 0.5) is 5.69 Å². The third-order valence-corrected chi connectivity index (χ3v) is 4.25. The van der Waals surface area contributed by atoms with Gasteiger partial charge in [0.05, 0.1) is 0 Å². The smallest absolute Gasteiger partial charge is 0.339 e. The molecule has 0 heterocycles. The van der Waals surface area contributed by atoms with Crippen LogP contribution in [0.1, 0.15) is 0 Å². The molecule has 1 rings (SSSR count). The minimum Gasteiger partial charge on any atom is -0.373 e. The topological polar surface area (TPSA) is 122 Å². The van der Waals surface area contributed by atoms with Crippen LogP contribution < -0.4 is 4.90 Å². The molecule has 10 heteroatoms. The Morgan fingerprint density at radius 2 is 1.38 bits per heavy atom. The molecule has 4 N–H and O–H groups in total. The Labute approximate surface area is 123 Å². The van der Waals surface area contributed by atoms with Gasteiger partial charge in [-0.15, -0.1) is 0 Å². The Bertz CT molecular complexity index is 505. The highest BCUT2D eigenvalue weighted by Crippen LogP contribution is 2.40. The Kier molecular flexibility index (Phi) is 6.56. The average molecular weight is 338 g/mol. The molecular formula is C11H20N2O6P2. The molecule has 1 aromatic rings. The van der Waals surface area contributed by atoms with E-state index in [9.17, 15) is 9.13 Å². The molecule has 0 unspecified atom stereocenters. The van der Waals surface area contributed by atoms with E-state index >= 15 is 0 Å². The highest BCUT2D eigenvalue weighted by Gasteiger charge is 2.25. The third kappa shape index (κ3) is 8.34. The van der Waals surface area contributed by atoms with Gasteiger partial charge in [0.25, 0.3) is 0 Å². The summed E-state index contributed by atoms with van der Waals surface area (Å²) in [5, 5.41) is 0. The summed E-state index contributed by atoms with van der Waals surface area (Å²) in [5.41, 5.74) is 0.907. The van der Waals surface area contributed by atoms with Crippen LogP contribution in [-0.2, 0) is 9.13 Å². The van der Waals surface area contributed by atoms with Crippen molar-refractivity contribution in [2.24, 2.45) is 0 Å². The van der Waals surface area contributed by atoms with E-state index in [0.717, 1.165) is 10.6 Å². The molecule has 1 aromatic carbocycles. The predicted molar refractivity (Wildman–Crippen MR) is 80.2 cm³/mol. The van der Waals surface area contributed by atoms with Crippen molar-refractivity contribution >= 4 is 20.9 Å². The lowest BCUT2D eigenvalue weighted by Crippen LogP contribution is -2.34. The Hall–Kier alpha value is -0.720. The van der Waals surface area contributed by atoms with Crippen LogP contribution in [0.25, 0.3) is 0 Å². The van der Waals surface area contributed by atoms with E-state index in [1.54, 1.807) is 7.05 Å². The number of nitrogens with zero attached hydrogens (tertiary/aromatic N) is 2. The minimum absolute atomic E-state index is 0.127. The van der Waals surface area contributed by atoms with Gasteiger partial charge in [0.2, 0.25) is 0 Å². The molecule has 0 aliphatic heterocycles. The summed E-state index contributed by atoms with van der Waals surface area (Å²) in [5.74, 6) is 0. The highest BCUT2D eigenvalue weighted by atomic mass is 31.2. The van der Waals surface area contributed by atoms with E-state index in [2.05, 4.69) is 0 Å². The number of benzene rings is 1. The van der Waals surface area contributed by atoms with Gasteiger partial charge in [0.15, 0.2) is 0 Å². The summed E-state index contributed by atoms with van der Waals surface area (Å²) in [6, 6.07) is 9.32. The molecule has 0 amide bonds. The number of para-hydroxylation sites is 1. The van der Waals surface area contributed by atoms with E-state index in [4.69, 9.17) is 19.6 Å². The second kappa shape index (κ2) is 7.51. The third-order valence-electron chi connectivity index (χ3n) is 2.72. The number of hydrogen-bond acceptors (Lipinski definition) is 4. The first-order valence-corrected chi connectivity index (χ1v) is 9.74. The van der Waals surface area contributed by atoms with Gasteiger partial charge in [-0.05, 0) is 12.1 Å². The lowest BCUT2D eigenvalue weighted by molar-refractivity contribution is 0.281. The number of anilines is 1. The van der Waals surface area contributed by atoms with E-state index in [1.165, 1.54) is 0 Å². The van der Waals surface area contributed by atoms with Crippen molar-refractivity contribution in [1.82, 2.24) is 4.90 Å². The van der Waals surface area contributed by atoms with Gasteiger partial charge < -0.3 is 24.5 Å². The largest absolute Gasteiger partial charge is 0.373 e. The second-order valence-electron chi connectivity index (χ2n) is 4.76. The maximum atomic E-state index is 11.0. The van der Waals surface area contributed by atoms with Crippen LogP contribution in [0.3, 0.4) is 0 Å². The van der Waals surface area contributed by atoms with Gasteiger partial charge in [-0.2, -0.15) is 0 Å². The first kappa shape index (κ1) is 18.3. The van der Waals surface area contributed by atoms with Crippen LogP contribution in [0.15, 0.2) is 30.3 Å². The number of likely N-dealkylation sites (N-methyl/N-ethyl adjacent to an activating group) is 1. The van der Waals surface area contributed by atoms with E-state index in [0.29, 0.717) is 6.54 Å². The second-order valence-corrected chi connectivity index (χ2v) is 7.99. The zero-order valence-electron chi connectivity index (χ0n) is 11.6. The summed E-state index contributed by atoms with van der Waals surface area (Å²) in [6.45, 7) is 0.506. The van der Waals surface area contributed by atoms with Crippen molar-refractivity contribution < 1.29 is 28.7 Å². The predicted octanol–water partition coefficient (Wildman–Crippen LogP) is 0.695. The van der Waals surface area contributed by atoms with E-state index in [-0.39, 0.29) is 6.54 Å². The Morgan fingerprint density at radius 3 is 1.81 bits per heavy atom. The fourth-order valence-corrected chi connectivity index (χ4v) is 3.49. The Balaban J connectivity index is 2.64. The van der Waals surface area contributed by atoms with Gasteiger partial charge in [-0.1, -0.05) is 18.2 Å². The monoisotopic (exact) mass is 338 g/mol. The molecule has 0 bridgehead atoms. The molecule has 120 valence electrons. The van der Waals surface area contributed by atoms with Crippen LogP contribution in [-0.4, -0.2) is 57.2 Å². The molecule has 0 aliphatic rings. The van der Waals surface area contributed by atoms with Crippen molar-refractivity contribution in [3.05, 3.63) is 30.3 Å². The molecule has 8 nitrogen and oxygen atoms in total. The Morgan fingerprint density at radius 1 is 0.905 bits per heavy atom. The van der Waals surface area contributed by atoms with Crippen LogP contribution in [0.5, 0.6) is 0 Å². The number of hydrogen-bond donors (Lipinski definition) is 4. The fraction of sp³-hybridized carbons (Fsp3) is 0.455. The molecular weight excluding hydrogens is 318 g/mol. The van der Waals surface area contributed by atoms with Gasteiger partial charge in [-0.25, -0.2) is 0 Å². The molecule has 0 atom stereocenters. The summed E-state index contributed by atoms with van der Waals surface area (Å²) in [7, 11) is -6.96. The molecule has 0 saturated carbocycles. The minimum atomic E-state index is -4.38. The lowest BCUT2D eigenvalue weighted by Gasteiger charge is -2.26. The van der Waals surface area contributed by atoms with E-state index in [1.807, 2.05) is 35.2 Å². The van der Waals surface area contributed by atoms with Crippen molar-refractivity contribution in [1.29, 1.82) is 0 Å². The molecule has 21 heavy (non-hydrogen) atoms.